The van der Waals surface area contributed by atoms with Gasteiger partial charge in [-0.25, -0.2) is 14.6 Å². The fourth-order valence-corrected chi connectivity index (χ4v) is 7.23. The molecule has 1 saturated heterocycles. The van der Waals surface area contributed by atoms with E-state index in [4.69, 9.17) is 9.57 Å². The number of aliphatic carboxylic acids is 1. The topological polar surface area (TPSA) is 202 Å². The number of thiazole rings is 1. The quantitative estimate of drug-likeness (QED) is 0.0745. The molecule has 1 unspecified atom stereocenters. The molecule has 1 fully saturated rings. The number of rotatable bonds is 12. The van der Waals surface area contributed by atoms with Gasteiger partial charge < -0.3 is 25.3 Å². The Kier molecular flexibility index (Phi) is 9.61. The Hall–Kier alpha value is -3.55. The monoisotopic (exact) mass is 641 g/mol. The van der Waals surface area contributed by atoms with Crippen LogP contribution in [0.5, 0.6) is 0 Å². The average Bonchev–Trinajstić information content (AvgIpc) is 3.59. The number of anilines is 1. The summed E-state index contributed by atoms with van der Waals surface area (Å²) in [6.07, 6.45) is 0.411. The van der Waals surface area contributed by atoms with Gasteiger partial charge in [-0.05, 0) is 26.3 Å². The van der Waals surface area contributed by atoms with Crippen molar-refractivity contribution in [2.24, 2.45) is 5.16 Å². The minimum atomic E-state index is -1.25. The summed E-state index contributed by atoms with van der Waals surface area (Å²) in [6.45, 7) is 4.43. The number of fused-ring (bicyclic) bond motifs is 1. The molecule has 2 aliphatic rings. The molecule has 41 heavy (non-hydrogen) atoms. The van der Waals surface area contributed by atoms with Gasteiger partial charge in [-0.2, -0.15) is 0 Å². The fraction of sp³-hybridized carbons (Fsp3) is 0.409. The molecule has 0 bridgehead atoms. The van der Waals surface area contributed by atoms with Gasteiger partial charge in [-0.15, -0.1) is 33.3 Å². The maximum Gasteiger partial charge on any atom is 0.352 e. The molecule has 2 aromatic heterocycles. The molecule has 0 radical (unpaired) electrons. The molecule has 2 aliphatic heterocycles. The van der Waals surface area contributed by atoms with E-state index in [1.165, 1.54) is 40.2 Å². The van der Waals surface area contributed by atoms with Gasteiger partial charge in [0.1, 0.15) is 33.9 Å². The molecule has 4 rings (SSSR count). The Bertz CT molecular complexity index is 1400. The summed E-state index contributed by atoms with van der Waals surface area (Å²) in [5.41, 5.74) is 0.885. The highest BCUT2D eigenvalue weighted by Gasteiger charge is 2.54. The Morgan fingerprint density at radius 3 is 2.76 bits per heavy atom. The van der Waals surface area contributed by atoms with Crippen molar-refractivity contribution in [3.8, 4) is 0 Å². The number of thioether (sulfide) groups is 2. The molecule has 15 nitrogen and oxygen atoms in total. The Labute approximate surface area is 249 Å². The number of carbonyl (C=O) groups is 5. The van der Waals surface area contributed by atoms with E-state index < -0.39 is 47.4 Å². The highest BCUT2D eigenvalue weighted by Crippen LogP contribution is 2.41. The van der Waals surface area contributed by atoms with Crippen molar-refractivity contribution in [2.45, 2.75) is 42.1 Å². The number of carbonyl (C=O) groups excluding carboxylic acids is 4. The van der Waals surface area contributed by atoms with Crippen molar-refractivity contribution < 1.29 is 38.7 Å². The van der Waals surface area contributed by atoms with Gasteiger partial charge >= 0.3 is 11.9 Å². The molecule has 19 heteroatoms. The summed E-state index contributed by atoms with van der Waals surface area (Å²) in [6, 6.07) is -1.05. The highest BCUT2D eigenvalue weighted by molar-refractivity contribution is 8.01. The summed E-state index contributed by atoms with van der Waals surface area (Å²) >= 11 is 4.96. The smallest absolute Gasteiger partial charge is 0.352 e. The molecule has 2 atom stereocenters. The number of hydrogen-bond acceptors (Lipinski definition) is 15. The highest BCUT2D eigenvalue weighted by atomic mass is 32.2. The van der Waals surface area contributed by atoms with E-state index in [9.17, 15) is 29.1 Å². The summed E-state index contributed by atoms with van der Waals surface area (Å²) in [7, 11) is 0. The second-order valence-corrected chi connectivity index (χ2v) is 13.2. The number of amides is 3. The van der Waals surface area contributed by atoms with Crippen LogP contribution in [0.2, 0.25) is 0 Å². The standard InChI is InChI=1S/C22H23N7O8S4/c1-22(2,3)37-12(31)4-36-28-13(11-7-39-20(25-11)23-8-30)16(32)26-14-17(33)29-15(19(34)35)10(5-38-18(14)29)6-40-21-27-24-9-41-21/h7-9,14,18H,4-6H2,1-3H3,(H,26,32)(H,34,35)(H,23,25,30)/t14?,18-/m1/s1. The van der Waals surface area contributed by atoms with E-state index in [0.717, 1.165) is 16.2 Å². The number of hydrogen-bond donors (Lipinski definition) is 3. The van der Waals surface area contributed by atoms with Crippen LogP contribution in [0.1, 0.15) is 26.5 Å². The largest absolute Gasteiger partial charge is 0.477 e. The molecule has 3 amide bonds. The Morgan fingerprint density at radius 1 is 1.32 bits per heavy atom. The lowest BCUT2D eigenvalue weighted by molar-refractivity contribution is -0.160. The first-order chi connectivity index (χ1) is 19.5. The van der Waals surface area contributed by atoms with Crippen LogP contribution >= 0.6 is 46.2 Å². The Morgan fingerprint density at radius 2 is 2.10 bits per heavy atom. The first-order valence-corrected chi connectivity index (χ1v) is 15.5. The van der Waals surface area contributed by atoms with Crippen LogP contribution in [0, 0.1) is 0 Å². The van der Waals surface area contributed by atoms with E-state index in [2.05, 4.69) is 31.0 Å². The lowest BCUT2D eigenvalue weighted by Crippen LogP contribution is -2.71. The van der Waals surface area contributed by atoms with E-state index in [1.54, 1.807) is 26.3 Å². The van der Waals surface area contributed by atoms with Gasteiger partial charge in [0.05, 0.1) is 0 Å². The van der Waals surface area contributed by atoms with Crippen molar-refractivity contribution in [3.63, 3.8) is 0 Å². The number of esters is 1. The molecule has 3 N–H and O–H groups in total. The number of ether oxygens (including phenoxy) is 1. The predicted molar refractivity (Wildman–Crippen MR) is 150 cm³/mol. The van der Waals surface area contributed by atoms with Gasteiger partial charge in [0.2, 0.25) is 13.0 Å². The number of carboxylic acids is 1. The minimum Gasteiger partial charge on any atom is -0.477 e. The predicted octanol–water partition coefficient (Wildman–Crippen LogP) is 1.16. The molecular formula is C22H23N7O8S4. The fourth-order valence-electron chi connectivity index (χ4n) is 3.60. The van der Waals surface area contributed by atoms with Gasteiger partial charge in [0.15, 0.2) is 15.2 Å². The molecule has 0 aliphatic carbocycles. The number of carboxylic acid groups (broad SMARTS) is 1. The van der Waals surface area contributed by atoms with Crippen LogP contribution in [-0.2, 0) is 33.5 Å². The average molecular weight is 642 g/mol. The number of nitrogens with zero attached hydrogens (tertiary/aromatic N) is 5. The minimum absolute atomic E-state index is 0.0167. The second kappa shape index (κ2) is 13.0. The molecule has 0 saturated carbocycles. The van der Waals surface area contributed by atoms with E-state index in [1.807, 2.05) is 0 Å². The van der Waals surface area contributed by atoms with Gasteiger partial charge in [-0.1, -0.05) is 28.3 Å². The van der Waals surface area contributed by atoms with Crippen molar-refractivity contribution in [1.82, 2.24) is 25.4 Å². The molecule has 0 spiro atoms. The summed E-state index contributed by atoms with van der Waals surface area (Å²) < 4.78 is 5.82. The zero-order valence-electron chi connectivity index (χ0n) is 21.7. The SMILES string of the molecule is CC(C)(C)OC(=O)CON=C(C(=O)NC1C(=O)N2C(C(=O)O)=C(CSc3nncs3)CS[C@H]12)c1csc(NC=O)n1. The normalized spacial score (nSPS) is 18.8. The number of β-lactam (4-membered cyclic amide) rings is 1. The van der Waals surface area contributed by atoms with Crippen molar-refractivity contribution in [1.29, 1.82) is 0 Å². The third-order valence-electron chi connectivity index (χ3n) is 5.15. The number of oxime groups is 1. The second-order valence-electron chi connectivity index (χ2n) is 9.21. The lowest BCUT2D eigenvalue weighted by Gasteiger charge is -2.49. The van der Waals surface area contributed by atoms with Crippen LogP contribution in [0.3, 0.4) is 0 Å². The van der Waals surface area contributed by atoms with Gasteiger partial charge in [0, 0.05) is 16.9 Å². The van der Waals surface area contributed by atoms with Crippen LogP contribution in [0.25, 0.3) is 0 Å². The lowest BCUT2D eigenvalue weighted by atomic mass is 10.0. The van der Waals surface area contributed by atoms with Crippen LogP contribution in [0.4, 0.5) is 5.13 Å². The van der Waals surface area contributed by atoms with E-state index >= 15 is 0 Å². The molecule has 4 heterocycles. The van der Waals surface area contributed by atoms with Crippen LogP contribution in [0.15, 0.2) is 31.7 Å². The van der Waals surface area contributed by atoms with Crippen LogP contribution < -0.4 is 10.6 Å². The first kappa shape index (κ1) is 30.4. The maximum atomic E-state index is 13.3. The number of nitrogens with one attached hydrogen (secondary N) is 2. The molecule has 218 valence electrons. The summed E-state index contributed by atoms with van der Waals surface area (Å²) in [5, 5.41) is 27.2. The zero-order valence-corrected chi connectivity index (χ0v) is 24.9. The van der Waals surface area contributed by atoms with Crippen molar-refractivity contribution in [3.05, 3.63) is 27.9 Å². The van der Waals surface area contributed by atoms with Crippen LogP contribution in [-0.4, -0.2) is 96.2 Å². The van der Waals surface area contributed by atoms with Gasteiger partial charge in [-0.3, -0.25) is 19.3 Å². The van der Waals surface area contributed by atoms with Gasteiger partial charge in [0.25, 0.3) is 11.8 Å². The van der Waals surface area contributed by atoms with Crippen molar-refractivity contribution >= 4 is 87.2 Å². The third kappa shape index (κ3) is 7.40. The maximum absolute atomic E-state index is 13.3. The summed E-state index contributed by atoms with van der Waals surface area (Å²) in [5.74, 6) is -2.81. The van der Waals surface area contributed by atoms with E-state index in [0.29, 0.717) is 27.8 Å². The molecular weight excluding hydrogens is 619 g/mol. The summed E-state index contributed by atoms with van der Waals surface area (Å²) in [4.78, 5) is 71.6. The number of aromatic nitrogens is 3. The molecule has 2 aromatic rings. The zero-order chi connectivity index (χ0) is 29.7. The molecule has 0 aromatic carbocycles. The van der Waals surface area contributed by atoms with E-state index in [-0.39, 0.29) is 22.2 Å². The first-order valence-electron chi connectivity index (χ1n) is 11.7. The third-order valence-corrected chi connectivity index (χ3v) is 9.21. The Balaban J connectivity index is 1.48. The van der Waals surface area contributed by atoms with Crippen molar-refractivity contribution in [2.75, 3.05) is 23.4 Å².